The van der Waals surface area contributed by atoms with Gasteiger partial charge in [-0.2, -0.15) is 0 Å². The van der Waals surface area contributed by atoms with Gasteiger partial charge in [0, 0.05) is 23.9 Å². The van der Waals surface area contributed by atoms with Crippen molar-refractivity contribution in [1.82, 2.24) is 4.90 Å². The van der Waals surface area contributed by atoms with E-state index in [1.165, 1.54) is 12.5 Å². The number of esters is 2. The van der Waals surface area contributed by atoms with Gasteiger partial charge < -0.3 is 28.6 Å². The van der Waals surface area contributed by atoms with Crippen LogP contribution in [0.2, 0.25) is 0 Å². The van der Waals surface area contributed by atoms with Crippen molar-refractivity contribution >= 4 is 18.4 Å². The Morgan fingerprint density at radius 3 is 2.43 bits per heavy atom. The molecule has 0 radical (unpaired) electrons. The second-order valence-electron chi connectivity index (χ2n) is 12.2. The van der Waals surface area contributed by atoms with Crippen molar-refractivity contribution in [3.63, 3.8) is 0 Å². The van der Waals surface area contributed by atoms with E-state index in [2.05, 4.69) is 18.5 Å². The van der Waals surface area contributed by atoms with Crippen LogP contribution >= 0.6 is 0 Å². The van der Waals surface area contributed by atoms with Gasteiger partial charge in [-0.15, -0.1) is 0 Å². The normalized spacial score (nSPS) is 23.3. The van der Waals surface area contributed by atoms with Gasteiger partial charge in [0.2, 0.25) is 0 Å². The summed E-state index contributed by atoms with van der Waals surface area (Å²) in [5.74, 6) is 2.49. The minimum Gasteiger partial charge on any atom is -0.477 e. The molecular weight excluding hydrogens is 586 g/mol. The van der Waals surface area contributed by atoms with Gasteiger partial charge >= 0.3 is 11.9 Å². The molecule has 0 saturated carbocycles. The van der Waals surface area contributed by atoms with Gasteiger partial charge in [0.25, 0.3) is 6.47 Å². The second-order valence-corrected chi connectivity index (χ2v) is 12.2. The molecule has 4 unspecified atom stereocenters. The number of allylic oxidation sites excluding steroid dienone is 2. The maximum Gasteiger partial charge on any atom is 0.347 e. The van der Waals surface area contributed by atoms with Gasteiger partial charge in [-0.25, -0.2) is 4.79 Å². The summed E-state index contributed by atoms with van der Waals surface area (Å²) >= 11 is 0. The standard InChI is InChI=1S/C28H27NO6.C9H10O2/c1-16(2)33-21-7-5-4-6-18(21)27(31)34-22-10-8-17-14-20-19-9-11-23(32-15-30)26-28(19,12-13-29(20)3)24(17)25(22)35-26;1-7-5-3-4-6-9(7)11-8(2)10/h4-8,10-11,15,19-20,26H,1,9,12-14H2,2-3H3;3-6H,1-2H3. The van der Waals surface area contributed by atoms with Crippen molar-refractivity contribution in [2.45, 2.75) is 57.6 Å². The van der Waals surface area contributed by atoms with Gasteiger partial charge in [-0.3, -0.25) is 9.59 Å². The first kappa shape index (κ1) is 31.1. The smallest absolute Gasteiger partial charge is 0.347 e. The topological polar surface area (TPSA) is 101 Å². The highest BCUT2D eigenvalue weighted by Crippen LogP contribution is 2.63. The Morgan fingerprint density at radius 1 is 0.978 bits per heavy atom. The Bertz CT molecular complexity index is 1740. The Hall–Kier alpha value is -4.89. The molecule has 0 amide bonds. The Morgan fingerprint density at radius 2 is 1.72 bits per heavy atom. The van der Waals surface area contributed by atoms with Gasteiger partial charge in [0.1, 0.15) is 22.8 Å². The van der Waals surface area contributed by atoms with Crippen LogP contribution in [-0.2, 0) is 26.2 Å². The maximum absolute atomic E-state index is 13.2. The van der Waals surface area contributed by atoms with Crippen LogP contribution in [0.5, 0.6) is 23.0 Å². The third-order valence-electron chi connectivity index (χ3n) is 9.33. The first-order chi connectivity index (χ1) is 22.1. The molecule has 0 N–H and O–H groups in total. The number of nitrogens with zero attached hydrogens (tertiary/aromatic N) is 1. The number of hydrogen-bond acceptors (Lipinski definition) is 9. The lowest BCUT2D eigenvalue weighted by Gasteiger charge is -2.56. The number of carbonyl (C=O) groups excluding carboxylic acids is 3. The van der Waals surface area contributed by atoms with Crippen LogP contribution in [0.15, 0.2) is 84.8 Å². The van der Waals surface area contributed by atoms with Crippen molar-refractivity contribution in [3.05, 3.63) is 107 Å². The summed E-state index contributed by atoms with van der Waals surface area (Å²) in [6.07, 6.45) is 4.16. The molecule has 7 rings (SSSR count). The fraction of sp³-hybridized carbons (Fsp3) is 0.324. The summed E-state index contributed by atoms with van der Waals surface area (Å²) < 4.78 is 28.4. The van der Waals surface area contributed by atoms with Crippen molar-refractivity contribution in [3.8, 4) is 23.0 Å². The van der Waals surface area contributed by atoms with E-state index >= 15 is 0 Å². The highest BCUT2D eigenvalue weighted by atomic mass is 16.6. The van der Waals surface area contributed by atoms with Crippen LogP contribution in [0.4, 0.5) is 0 Å². The van der Waals surface area contributed by atoms with Crippen LogP contribution in [0.1, 0.15) is 53.7 Å². The van der Waals surface area contributed by atoms with E-state index in [0.29, 0.717) is 58.5 Å². The molecule has 9 nitrogen and oxygen atoms in total. The number of ether oxygens (including phenoxy) is 5. The summed E-state index contributed by atoms with van der Waals surface area (Å²) in [5, 5.41) is 0. The molecule has 2 heterocycles. The first-order valence-corrected chi connectivity index (χ1v) is 15.4. The molecule has 3 aromatic carbocycles. The van der Waals surface area contributed by atoms with Crippen LogP contribution in [0, 0.1) is 12.8 Å². The highest BCUT2D eigenvalue weighted by molar-refractivity contribution is 5.94. The lowest BCUT2D eigenvalue weighted by molar-refractivity contribution is -0.132. The number of carbonyl (C=O) groups is 3. The van der Waals surface area contributed by atoms with Gasteiger partial charge in [-0.1, -0.05) is 43.0 Å². The van der Waals surface area contributed by atoms with Crippen molar-refractivity contribution in [2.24, 2.45) is 5.92 Å². The van der Waals surface area contributed by atoms with Crippen LogP contribution in [0.3, 0.4) is 0 Å². The van der Waals surface area contributed by atoms with E-state index < -0.39 is 12.1 Å². The largest absolute Gasteiger partial charge is 0.477 e. The van der Waals surface area contributed by atoms with Gasteiger partial charge in [-0.05, 0) is 94.1 Å². The molecule has 1 spiro atoms. The summed E-state index contributed by atoms with van der Waals surface area (Å²) in [4.78, 5) is 37.5. The van der Waals surface area contributed by atoms with Gasteiger partial charge in [0.15, 0.2) is 17.6 Å². The summed E-state index contributed by atoms with van der Waals surface area (Å²) in [6, 6.07) is 18.6. The van der Waals surface area contributed by atoms with E-state index in [1.54, 1.807) is 37.3 Å². The number of para-hydroxylation sites is 2. The quantitative estimate of drug-likeness (QED) is 0.134. The number of likely N-dealkylation sites (N-methyl/N-ethyl adjacent to an activating group) is 1. The second kappa shape index (κ2) is 12.5. The van der Waals surface area contributed by atoms with E-state index in [0.717, 1.165) is 36.9 Å². The molecule has 4 atom stereocenters. The van der Waals surface area contributed by atoms with Gasteiger partial charge in [0.05, 0.1) is 5.76 Å². The number of benzene rings is 3. The summed E-state index contributed by atoms with van der Waals surface area (Å²) in [5.41, 5.74) is 3.28. The molecule has 4 aliphatic rings. The maximum atomic E-state index is 13.2. The fourth-order valence-electron chi connectivity index (χ4n) is 7.45. The monoisotopic (exact) mass is 623 g/mol. The number of rotatable bonds is 7. The highest BCUT2D eigenvalue weighted by Gasteiger charge is 2.64. The molecule has 46 heavy (non-hydrogen) atoms. The fourth-order valence-corrected chi connectivity index (χ4v) is 7.45. The molecule has 1 saturated heterocycles. The summed E-state index contributed by atoms with van der Waals surface area (Å²) in [7, 11) is 2.18. The van der Waals surface area contributed by atoms with E-state index in [-0.39, 0.29) is 11.4 Å². The molecule has 2 bridgehead atoms. The molecule has 2 aliphatic carbocycles. The number of piperidine rings is 1. The Labute approximate surface area is 268 Å². The number of aryl methyl sites for hydroxylation is 1. The molecule has 9 heteroatoms. The third kappa shape index (κ3) is 5.45. The van der Waals surface area contributed by atoms with Crippen LogP contribution in [0.25, 0.3) is 0 Å². The predicted octanol–water partition coefficient (Wildman–Crippen LogP) is 6.07. The first-order valence-electron chi connectivity index (χ1n) is 15.4. The minimum atomic E-state index is -0.539. The van der Waals surface area contributed by atoms with Crippen LogP contribution in [-0.4, -0.2) is 49.0 Å². The minimum absolute atomic E-state index is 0.278. The Kier molecular flexibility index (Phi) is 8.44. The number of hydrogen-bond donors (Lipinski definition) is 0. The molecule has 238 valence electrons. The van der Waals surface area contributed by atoms with Crippen LogP contribution < -0.4 is 18.9 Å². The molecule has 3 aromatic rings. The SMILES string of the molecule is C=C(C)Oc1ccccc1C(=O)Oc1ccc2c3c1OC1C(OC=O)=CCC4C(C2)N(C)CCC314.CC(=O)Oc1ccccc1C. The molecular formula is C37H37NO8. The lowest BCUT2D eigenvalue weighted by Crippen LogP contribution is -2.63. The zero-order valence-electron chi connectivity index (χ0n) is 26.4. The summed E-state index contributed by atoms with van der Waals surface area (Å²) in [6.45, 7) is 10.2. The van der Waals surface area contributed by atoms with E-state index in [9.17, 15) is 14.4 Å². The third-order valence-corrected chi connectivity index (χ3v) is 9.33. The van der Waals surface area contributed by atoms with Crippen molar-refractivity contribution < 1.29 is 38.1 Å². The molecule has 2 aliphatic heterocycles. The van der Waals surface area contributed by atoms with E-state index in [1.807, 2.05) is 43.3 Å². The van der Waals surface area contributed by atoms with E-state index in [4.69, 9.17) is 23.7 Å². The van der Waals surface area contributed by atoms with Crippen molar-refractivity contribution in [2.75, 3.05) is 13.6 Å². The lowest BCUT2D eigenvalue weighted by atomic mass is 9.53. The molecule has 0 aromatic heterocycles. The van der Waals surface area contributed by atoms with Crippen molar-refractivity contribution in [1.29, 1.82) is 0 Å². The molecule has 1 fully saturated rings. The Balaban J connectivity index is 0.000000288. The zero-order chi connectivity index (χ0) is 32.6. The average Bonchev–Trinajstić information content (AvgIpc) is 3.38. The average molecular weight is 624 g/mol. The zero-order valence-corrected chi connectivity index (χ0v) is 26.4. The predicted molar refractivity (Wildman–Crippen MR) is 170 cm³/mol. The number of likely N-dealkylation sites (tertiary alicyclic amines) is 1.